The van der Waals surface area contributed by atoms with Crippen LogP contribution in [0.3, 0.4) is 0 Å². The Hall–Kier alpha value is -0.670. The van der Waals surface area contributed by atoms with E-state index < -0.39 is 0 Å². The first-order chi connectivity index (χ1) is 5.09. The lowest BCUT2D eigenvalue weighted by Gasteiger charge is -1.97. The second-order valence-electron chi connectivity index (χ2n) is 1.98. The van der Waals surface area contributed by atoms with Crippen molar-refractivity contribution in [2.75, 3.05) is 0 Å². The van der Waals surface area contributed by atoms with E-state index in [2.05, 4.69) is 21.5 Å². The summed E-state index contributed by atoms with van der Waals surface area (Å²) in [5, 5.41) is 0.172. The van der Waals surface area contributed by atoms with Gasteiger partial charge in [0.15, 0.2) is 5.82 Å². The van der Waals surface area contributed by atoms with Crippen LogP contribution in [0.5, 0.6) is 0 Å². The highest BCUT2D eigenvalue weighted by molar-refractivity contribution is 6.31. The first kappa shape index (κ1) is 8.43. The topological polar surface area (TPSA) is 38.7 Å². The van der Waals surface area contributed by atoms with Gasteiger partial charge in [0.25, 0.3) is 0 Å². The van der Waals surface area contributed by atoms with E-state index in [9.17, 15) is 0 Å². The van der Waals surface area contributed by atoms with E-state index in [1.807, 2.05) is 0 Å². The molecule has 1 rings (SSSR count). The van der Waals surface area contributed by atoms with Gasteiger partial charge in [-0.25, -0.2) is 0 Å². The van der Waals surface area contributed by atoms with Crippen LogP contribution >= 0.6 is 23.2 Å². The van der Waals surface area contributed by atoms with E-state index in [0.717, 1.165) is 0 Å². The van der Waals surface area contributed by atoms with Gasteiger partial charge in [0, 0.05) is 0 Å². The van der Waals surface area contributed by atoms with Crippen LogP contribution in [0, 0.1) is 0 Å². The number of hydrogen-bond acceptors (Lipinski definition) is 3. The van der Waals surface area contributed by atoms with E-state index in [1.54, 1.807) is 6.92 Å². The molecule has 11 heavy (non-hydrogen) atoms. The maximum absolute atomic E-state index is 5.51. The van der Waals surface area contributed by atoms with Crippen molar-refractivity contribution < 1.29 is 0 Å². The fourth-order valence-electron chi connectivity index (χ4n) is 0.517. The third-order valence-electron chi connectivity index (χ3n) is 0.963. The summed E-state index contributed by atoms with van der Waals surface area (Å²) in [7, 11) is 0. The first-order valence-corrected chi connectivity index (χ1v) is 3.58. The molecule has 0 aliphatic rings. The summed E-state index contributed by atoms with van der Waals surface area (Å²) in [6.45, 7) is 5.40. The second kappa shape index (κ2) is 3.15. The summed E-state index contributed by atoms with van der Waals surface area (Å²) in [5.74, 6) is 0.426. The van der Waals surface area contributed by atoms with Crippen molar-refractivity contribution in [2.24, 2.45) is 0 Å². The highest BCUT2D eigenvalue weighted by Crippen LogP contribution is 2.11. The Bertz CT molecular complexity index is 278. The standard InChI is InChI=1S/C6H5Cl2N3/c1-3(2)4-9-5(7)11-6(8)10-4/h1H2,2H3. The van der Waals surface area contributed by atoms with Crippen LogP contribution in [-0.2, 0) is 0 Å². The maximum atomic E-state index is 5.51. The molecule has 5 heteroatoms. The van der Waals surface area contributed by atoms with Crippen molar-refractivity contribution in [3.63, 3.8) is 0 Å². The average Bonchev–Trinajstić information content (AvgIpc) is 1.85. The van der Waals surface area contributed by atoms with Gasteiger partial charge >= 0.3 is 0 Å². The first-order valence-electron chi connectivity index (χ1n) is 2.82. The molecule has 0 N–H and O–H groups in total. The molecule has 0 fully saturated rings. The lowest BCUT2D eigenvalue weighted by molar-refractivity contribution is 1.02. The SMILES string of the molecule is C=C(C)c1nc(Cl)nc(Cl)n1. The summed E-state index contributed by atoms with van der Waals surface area (Å²) >= 11 is 11.0. The Morgan fingerprint density at radius 3 is 2.00 bits per heavy atom. The number of nitrogens with zero attached hydrogens (tertiary/aromatic N) is 3. The minimum absolute atomic E-state index is 0.0861. The number of halogens is 2. The lowest BCUT2D eigenvalue weighted by Crippen LogP contribution is -1.94. The Balaban J connectivity index is 3.19. The largest absolute Gasteiger partial charge is 0.227 e. The van der Waals surface area contributed by atoms with Gasteiger partial charge in [0.2, 0.25) is 10.6 Å². The smallest absolute Gasteiger partial charge is 0.198 e. The van der Waals surface area contributed by atoms with Crippen molar-refractivity contribution in [1.29, 1.82) is 0 Å². The molecule has 58 valence electrons. The molecule has 0 aliphatic heterocycles. The van der Waals surface area contributed by atoms with Crippen molar-refractivity contribution in [3.05, 3.63) is 23.0 Å². The molecule has 1 heterocycles. The molecule has 0 spiro atoms. The summed E-state index contributed by atoms with van der Waals surface area (Å²) in [6.07, 6.45) is 0. The van der Waals surface area contributed by atoms with Crippen LogP contribution in [0.2, 0.25) is 10.6 Å². The highest BCUT2D eigenvalue weighted by atomic mass is 35.5. The predicted octanol–water partition coefficient (Wildman–Crippen LogP) is 2.21. The van der Waals surface area contributed by atoms with Gasteiger partial charge in [0.1, 0.15) is 0 Å². The number of hydrogen-bond donors (Lipinski definition) is 0. The monoisotopic (exact) mass is 189 g/mol. The quantitative estimate of drug-likeness (QED) is 0.681. The fraction of sp³-hybridized carbons (Fsp3) is 0.167. The molecule has 0 saturated carbocycles. The summed E-state index contributed by atoms with van der Waals surface area (Å²) < 4.78 is 0. The molecular weight excluding hydrogens is 185 g/mol. The minimum Gasteiger partial charge on any atom is -0.198 e. The second-order valence-corrected chi connectivity index (χ2v) is 2.65. The van der Waals surface area contributed by atoms with E-state index >= 15 is 0 Å². The molecule has 1 aromatic rings. The van der Waals surface area contributed by atoms with Crippen molar-refractivity contribution in [1.82, 2.24) is 15.0 Å². The summed E-state index contributed by atoms with van der Waals surface area (Å²) in [5.41, 5.74) is 0.705. The van der Waals surface area contributed by atoms with E-state index in [0.29, 0.717) is 11.4 Å². The Kier molecular flexibility index (Phi) is 2.42. The van der Waals surface area contributed by atoms with Gasteiger partial charge in [-0.05, 0) is 35.7 Å². The zero-order valence-corrected chi connectivity index (χ0v) is 7.32. The molecule has 0 aromatic carbocycles. The number of allylic oxidation sites excluding steroid dienone is 1. The van der Waals surface area contributed by atoms with Gasteiger partial charge in [-0.15, -0.1) is 0 Å². The molecule has 3 nitrogen and oxygen atoms in total. The van der Waals surface area contributed by atoms with Gasteiger partial charge in [-0.3, -0.25) is 0 Å². The summed E-state index contributed by atoms with van der Waals surface area (Å²) in [4.78, 5) is 11.2. The fourth-order valence-corrected chi connectivity index (χ4v) is 0.880. The Morgan fingerprint density at radius 1 is 1.18 bits per heavy atom. The van der Waals surface area contributed by atoms with Gasteiger partial charge in [-0.2, -0.15) is 15.0 Å². The molecule has 0 bridgehead atoms. The third-order valence-corrected chi connectivity index (χ3v) is 1.30. The van der Waals surface area contributed by atoms with Crippen molar-refractivity contribution in [2.45, 2.75) is 6.92 Å². The molecule has 1 aromatic heterocycles. The maximum Gasteiger partial charge on any atom is 0.227 e. The molecule has 0 saturated heterocycles. The van der Waals surface area contributed by atoms with Crippen LogP contribution in [0.1, 0.15) is 12.7 Å². The molecule has 0 atom stereocenters. The molecule has 0 radical (unpaired) electrons. The number of aromatic nitrogens is 3. The van der Waals surface area contributed by atoms with Crippen LogP contribution in [0.4, 0.5) is 0 Å². The molecule has 0 amide bonds. The van der Waals surface area contributed by atoms with E-state index in [4.69, 9.17) is 23.2 Å². The molecular formula is C6H5Cl2N3. The summed E-state index contributed by atoms with van der Waals surface area (Å²) in [6, 6.07) is 0. The van der Waals surface area contributed by atoms with Gasteiger partial charge in [0.05, 0.1) is 0 Å². The lowest BCUT2D eigenvalue weighted by atomic mass is 10.3. The zero-order chi connectivity index (χ0) is 8.43. The zero-order valence-electron chi connectivity index (χ0n) is 5.80. The normalized spacial score (nSPS) is 9.73. The third kappa shape index (κ3) is 2.13. The predicted molar refractivity (Wildman–Crippen MR) is 44.6 cm³/mol. The van der Waals surface area contributed by atoms with E-state index in [-0.39, 0.29) is 10.6 Å². The molecule has 0 unspecified atom stereocenters. The van der Waals surface area contributed by atoms with Gasteiger partial charge < -0.3 is 0 Å². The van der Waals surface area contributed by atoms with Crippen LogP contribution < -0.4 is 0 Å². The van der Waals surface area contributed by atoms with Crippen LogP contribution in [0.15, 0.2) is 6.58 Å². The average molecular weight is 190 g/mol. The molecule has 0 aliphatic carbocycles. The Morgan fingerprint density at radius 2 is 1.64 bits per heavy atom. The van der Waals surface area contributed by atoms with Crippen LogP contribution in [0.25, 0.3) is 5.57 Å². The van der Waals surface area contributed by atoms with E-state index in [1.165, 1.54) is 0 Å². The van der Waals surface area contributed by atoms with Crippen molar-refractivity contribution in [3.8, 4) is 0 Å². The highest BCUT2D eigenvalue weighted by Gasteiger charge is 2.02. The van der Waals surface area contributed by atoms with Crippen LogP contribution in [-0.4, -0.2) is 15.0 Å². The van der Waals surface area contributed by atoms with Crippen molar-refractivity contribution >= 4 is 28.8 Å². The minimum atomic E-state index is 0.0861. The number of rotatable bonds is 1. The van der Waals surface area contributed by atoms with Gasteiger partial charge in [-0.1, -0.05) is 6.58 Å². The Labute approximate surface area is 74.1 Å².